The van der Waals surface area contributed by atoms with Crippen LogP contribution in [-0.2, 0) is 9.59 Å². The van der Waals surface area contributed by atoms with E-state index in [4.69, 9.17) is 0 Å². The van der Waals surface area contributed by atoms with Crippen molar-refractivity contribution in [2.45, 2.75) is 6.42 Å². The van der Waals surface area contributed by atoms with Gasteiger partial charge in [-0.1, -0.05) is 12.2 Å². The number of amides is 2. The van der Waals surface area contributed by atoms with Gasteiger partial charge in [0.25, 0.3) is 11.8 Å². The molecule has 1 N–H and O–H groups in total. The van der Waals surface area contributed by atoms with E-state index in [9.17, 15) is 14.7 Å². The van der Waals surface area contributed by atoms with Crippen LogP contribution in [0.25, 0.3) is 0 Å². The van der Waals surface area contributed by atoms with Gasteiger partial charge in [-0.15, -0.1) is 0 Å². The first-order valence-corrected chi connectivity index (χ1v) is 8.94. The van der Waals surface area contributed by atoms with Crippen LogP contribution < -0.4 is 0 Å². The summed E-state index contributed by atoms with van der Waals surface area (Å²) in [7, 11) is 0. The van der Waals surface area contributed by atoms with E-state index in [2.05, 4.69) is 33.2 Å². The molecule has 0 radical (unpaired) electrons. The molecule has 0 unspecified atom stereocenters. The second kappa shape index (κ2) is 4.79. The van der Waals surface area contributed by atoms with Gasteiger partial charge in [-0.3, -0.25) is 9.59 Å². The summed E-state index contributed by atoms with van der Waals surface area (Å²) in [5.74, 6) is 0.972. The van der Waals surface area contributed by atoms with Crippen molar-refractivity contribution in [1.82, 2.24) is 5.01 Å². The van der Waals surface area contributed by atoms with Crippen molar-refractivity contribution >= 4 is 34.0 Å². The molecule has 2 saturated carbocycles. The third kappa shape index (κ3) is 1.83. The zero-order valence-corrected chi connectivity index (χ0v) is 14.3. The van der Waals surface area contributed by atoms with Gasteiger partial charge in [-0.2, -0.15) is 10.1 Å². The van der Waals surface area contributed by atoms with E-state index < -0.39 is 0 Å². The Morgan fingerprint density at radius 1 is 1.12 bits per heavy atom. The zero-order valence-electron chi connectivity index (χ0n) is 12.7. The summed E-state index contributed by atoms with van der Waals surface area (Å²) < 4.78 is 0.543. The van der Waals surface area contributed by atoms with Crippen molar-refractivity contribution in [3.05, 3.63) is 40.4 Å². The first-order chi connectivity index (χ1) is 11.6. The molecule has 24 heavy (non-hydrogen) atoms. The number of nitrogens with zero attached hydrogens (tertiary/aromatic N) is 2. The number of benzene rings is 1. The van der Waals surface area contributed by atoms with Crippen LogP contribution in [0.5, 0.6) is 5.75 Å². The highest BCUT2D eigenvalue weighted by molar-refractivity contribution is 9.10. The van der Waals surface area contributed by atoms with Crippen LogP contribution >= 0.6 is 15.9 Å². The van der Waals surface area contributed by atoms with Gasteiger partial charge in [0.05, 0.1) is 22.5 Å². The highest BCUT2D eigenvalue weighted by atomic mass is 79.9. The number of phenolic OH excluding ortho intramolecular Hbond substituents is 1. The van der Waals surface area contributed by atoms with Crippen LogP contribution in [0.1, 0.15) is 12.0 Å². The summed E-state index contributed by atoms with van der Waals surface area (Å²) in [5, 5.41) is 14.8. The quantitative estimate of drug-likeness (QED) is 0.482. The van der Waals surface area contributed by atoms with Crippen LogP contribution in [0.3, 0.4) is 0 Å². The fourth-order valence-electron chi connectivity index (χ4n) is 4.78. The third-order valence-corrected chi connectivity index (χ3v) is 6.57. The minimum atomic E-state index is -0.222. The molecule has 3 fully saturated rings. The van der Waals surface area contributed by atoms with Crippen molar-refractivity contribution in [3.63, 3.8) is 0 Å². The SMILES string of the molecule is O=C1[C@@H]2[C@@H]3C=C[C@H]([C@H]4C[C@H]34)[C@@H]2C(=O)N1/N=C/c1ccc(O)c(Br)c1. The average Bonchev–Trinajstić information content (AvgIpc) is 3.35. The standard InChI is InChI=1S/C18H15BrN2O3/c19-13-5-8(1-4-14(13)22)7-20-21-17(23)15-9-2-3-10(12-6-11(9)12)16(15)18(21)24/h1-5,7,9-12,15-16,22H,6H2/b20-7+/t9-,10-,11-,12-,15-,16+/m1/s1. The Morgan fingerprint density at radius 3 is 2.33 bits per heavy atom. The van der Waals surface area contributed by atoms with Crippen LogP contribution in [0.2, 0.25) is 0 Å². The van der Waals surface area contributed by atoms with Gasteiger partial charge in [-0.25, -0.2) is 0 Å². The molecule has 4 aliphatic carbocycles. The molecule has 1 saturated heterocycles. The lowest BCUT2D eigenvalue weighted by Gasteiger charge is -2.37. The summed E-state index contributed by atoms with van der Waals surface area (Å²) >= 11 is 3.24. The van der Waals surface area contributed by atoms with Gasteiger partial charge in [0.15, 0.2) is 0 Å². The number of aromatic hydroxyl groups is 1. The number of carbonyl (C=O) groups excluding carboxylic acids is 2. The maximum atomic E-state index is 12.8. The highest BCUT2D eigenvalue weighted by Crippen LogP contribution is 2.65. The maximum absolute atomic E-state index is 12.8. The van der Waals surface area contributed by atoms with Gasteiger partial charge in [0, 0.05) is 0 Å². The third-order valence-electron chi connectivity index (χ3n) is 5.93. The molecule has 0 aromatic heterocycles. The smallest absolute Gasteiger partial charge is 0.254 e. The van der Waals surface area contributed by atoms with E-state index in [1.165, 1.54) is 12.3 Å². The maximum Gasteiger partial charge on any atom is 0.254 e. The molecule has 0 spiro atoms. The summed E-state index contributed by atoms with van der Waals surface area (Å²) in [6, 6.07) is 4.91. The topological polar surface area (TPSA) is 70.0 Å². The van der Waals surface area contributed by atoms with E-state index in [1.54, 1.807) is 12.1 Å². The van der Waals surface area contributed by atoms with E-state index in [0.717, 1.165) is 11.4 Å². The van der Waals surface area contributed by atoms with Crippen LogP contribution in [0.15, 0.2) is 39.9 Å². The molecule has 122 valence electrons. The second-order valence-corrected chi connectivity index (χ2v) is 7.95. The van der Waals surface area contributed by atoms with Crippen LogP contribution in [0.4, 0.5) is 0 Å². The van der Waals surface area contributed by atoms with Gasteiger partial charge >= 0.3 is 0 Å². The number of imide groups is 1. The normalized spacial score (nSPS) is 38.8. The van der Waals surface area contributed by atoms with Crippen molar-refractivity contribution < 1.29 is 14.7 Å². The molecular weight excluding hydrogens is 372 g/mol. The number of hydrogen-bond acceptors (Lipinski definition) is 4. The molecule has 2 amide bonds. The molecule has 6 rings (SSSR count). The number of rotatable bonds is 2. The van der Waals surface area contributed by atoms with Gasteiger partial charge < -0.3 is 5.11 Å². The minimum absolute atomic E-state index is 0.133. The molecule has 1 aromatic rings. The largest absolute Gasteiger partial charge is 0.507 e. The fourth-order valence-corrected chi connectivity index (χ4v) is 5.18. The molecule has 1 aromatic carbocycles. The molecule has 5 aliphatic rings. The number of hydrazone groups is 1. The number of phenols is 1. The number of carbonyl (C=O) groups is 2. The highest BCUT2D eigenvalue weighted by Gasteiger charge is 2.67. The number of allylic oxidation sites excluding steroid dienone is 2. The molecular formula is C18H15BrN2O3. The molecule has 6 atom stereocenters. The lowest BCUT2D eigenvalue weighted by atomic mass is 9.63. The van der Waals surface area contributed by atoms with E-state index in [0.29, 0.717) is 21.9 Å². The first kappa shape index (κ1) is 14.4. The van der Waals surface area contributed by atoms with Crippen LogP contribution in [-0.4, -0.2) is 28.1 Å². The fraction of sp³-hybridized carbons (Fsp3) is 0.389. The summed E-state index contributed by atoms with van der Waals surface area (Å²) in [6.45, 7) is 0. The Labute approximate surface area is 147 Å². The summed E-state index contributed by atoms with van der Waals surface area (Å²) in [5.41, 5.74) is 0.707. The van der Waals surface area contributed by atoms with Gasteiger partial charge in [0.1, 0.15) is 5.75 Å². The molecule has 6 heteroatoms. The molecule has 5 nitrogen and oxygen atoms in total. The van der Waals surface area contributed by atoms with Gasteiger partial charge in [0.2, 0.25) is 0 Å². The Balaban J connectivity index is 1.44. The van der Waals surface area contributed by atoms with Crippen molar-refractivity contribution in [2.75, 3.05) is 0 Å². The van der Waals surface area contributed by atoms with Gasteiger partial charge in [-0.05, 0) is 69.8 Å². The molecule has 1 aliphatic heterocycles. The number of halogens is 1. The minimum Gasteiger partial charge on any atom is -0.507 e. The Morgan fingerprint density at radius 2 is 1.75 bits per heavy atom. The second-order valence-electron chi connectivity index (χ2n) is 7.10. The Kier molecular flexibility index (Phi) is 2.87. The first-order valence-electron chi connectivity index (χ1n) is 8.15. The zero-order chi connectivity index (χ0) is 16.6. The lowest BCUT2D eigenvalue weighted by molar-refractivity contribution is -0.140. The monoisotopic (exact) mass is 386 g/mol. The molecule has 1 heterocycles. The Bertz CT molecular complexity index is 798. The van der Waals surface area contributed by atoms with E-state index >= 15 is 0 Å². The van der Waals surface area contributed by atoms with Crippen molar-refractivity contribution in [3.8, 4) is 5.75 Å². The molecule has 2 bridgehead atoms. The lowest BCUT2D eigenvalue weighted by Crippen LogP contribution is -2.40. The van der Waals surface area contributed by atoms with E-state index in [-0.39, 0.29) is 41.2 Å². The Hall–Kier alpha value is -1.95. The number of hydrogen-bond donors (Lipinski definition) is 1. The van der Waals surface area contributed by atoms with Crippen LogP contribution in [0, 0.1) is 35.5 Å². The summed E-state index contributed by atoms with van der Waals surface area (Å²) in [4.78, 5) is 25.5. The predicted molar refractivity (Wildman–Crippen MR) is 90.0 cm³/mol. The predicted octanol–water partition coefficient (Wildman–Crippen LogP) is 2.54. The van der Waals surface area contributed by atoms with Crippen molar-refractivity contribution in [1.29, 1.82) is 0 Å². The average molecular weight is 387 g/mol. The van der Waals surface area contributed by atoms with E-state index in [1.807, 2.05) is 0 Å². The van der Waals surface area contributed by atoms with Crippen molar-refractivity contribution in [2.24, 2.45) is 40.6 Å². The summed E-state index contributed by atoms with van der Waals surface area (Å²) in [6.07, 6.45) is 6.94.